The number of nitrogens with zero attached hydrogens (tertiary/aromatic N) is 2. The molecule has 3 rings (SSSR count). The van der Waals surface area contributed by atoms with Crippen LogP contribution in [0, 0.1) is 6.92 Å². The van der Waals surface area contributed by atoms with Crippen LogP contribution in [0.4, 0.5) is 0 Å². The highest BCUT2D eigenvalue weighted by Crippen LogP contribution is 2.24. The number of aromatic nitrogens is 2. The molecule has 102 valence electrons. The molecule has 7 heteroatoms. The number of aryl methyl sites for hydroxylation is 1. The number of rotatable bonds is 3. The molecular weight excluding hydrogens is 300 g/mol. The van der Waals surface area contributed by atoms with Gasteiger partial charge in [-0.1, -0.05) is 16.1 Å². The summed E-state index contributed by atoms with van der Waals surface area (Å²) in [5.41, 5.74) is 1.57. The second-order valence-corrected chi connectivity index (χ2v) is 5.54. The van der Waals surface area contributed by atoms with Crippen molar-refractivity contribution in [2.45, 2.75) is 13.5 Å². The van der Waals surface area contributed by atoms with E-state index in [9.17, 15) is 4.79 Å². The van der Waals surface area contributed by atoms with Crippen LogP contribution in [0.2, 0.25) is 4.34 Å². The van der Waals surface area contributed by atoms with Gasteiger partial charge in [-0.05, 0) is 24.6 Å². The van der Waals surface area contributed by atoms with Crippen LogP contribution in [-0.2, 0) is 6.61 Å². The van der Waals surface area contributed by atoms with Gasteiger partial charge in [0.25, 0.3) is 0 Å². The van der Waals surface area contributed by atoms with Crippen molar-refractivity contribution in [1.29, 1.82) is 0 Å². The lowest BCUT2D eigenvalue weighted by Gasteiger charge is -2.06. The van der Waals surface area contributed by atoms with Crippen molar-refractivity contribution in [3.8, 4) is 5.75 Å². The predicted octanol–water partition coefficient (Wildman–Crippen LogP) is 3.19. The number of halogens is 1. The Bertz CT molecular complexity index is 828. The lowest BCUT2D eigenvalue weighted by atomic mass is 10.1. The Morgan fingerprint density at radius 3 is 3.00 bits per heavy atom. The van der Waals surface area contributed by atoms with E-state index in [1.165, 1.54) is 6.07 Å². The fourth-order valence-corrected chi connectivity index (χ4v) is 2.43. The minimum absolute atomic E-state index is 0.219. The van der Waals surface area contributed by atoms with E-state index in [-0.39, 0.29) is 12.2 Å². The molecule has 0 atom stereocenters. The SMILES string of the molecule is Cc1cc(=O)oc2cc(OCc3nnsc3Cl)ccc12. The molecule has 5 nitrogen and oxygen atoms in total. The molecule has 0 fully saturated rings. The first kappa shape index (κ1) is 13.1. The van der Waals surface area contributed by atoms with Crippen LogP contribution in [0.25, 0.3) is 11.0 Å². The molecule has 0 spiro atoms. The zero-order valence-electron chi connectivity index (χ0n) is 10.4. The molecule has 0 aliphatic carbocycles. The fourth-order valence-electron chi connectivity index (χ4n) is 1.83. The fraction of sp³-hybridized carbons (Fsp3) is 0.154. The van der Waals surface area contributed by atoms with Crippen LogP contribution < -0.4 is 10.4 Å². The molecule has 2 heterocycles. The van der Waals surface area contributed by atoms with Crippen molar-refractivity contribution in [3.63, 3.8) is 0 Å². The summed E-state index contributed by atoms with van der Waals surface area (Å²) in [6.07, 6.45) is 0. The Morgan fingerprint density at radius 1 is 1.40 bits per heavy atom. The zero-order chi connectivity index (χ0) is 14.1. The summed E-state index contributed by atoms with van der Waals surface area (Å²) in [6.45, 7) is 2.08. The Labute approximate surface area is 122 Å². The molecule has 0 amide bonds. The van der Waals surface area contributed by atoms with Crippen molar-refractivity contribution >= 4 is 34.1 Å². The van der Waals surface area contributed by atoms with Crippen molar-refractivity contribution in [2.75, 3.05) is 0 Å². The first-order chi connectivity index (χ1) is 9.63. The van der Waals surface area contributed by atoms with Gasteiger partial charge in [0.05, 0.1) is 0 Å². The molecule has 0 saturated heterocycles. The van der Waals surface area contributed by atoms with Crippen LogP contribution >= 0.6 is 23.1 Å². The van der Waals surface area contributed by atoms with Crippen molar-refractivity contribution in [1.82, 2.24) is 9.59 Å². The number of benzene rings is 1. The highest BCUT2D eigenvalue weighted by atomic mass is 35.5. The predicted molar refractivity (Wildman–Crippen MR) is 76.5 cm³/mol. The monoisotopic (exact) mass is 308 g/mol. The van der Waals surface area contributed by atoms with Crippen LogP contribution in [-0.4, -0.2) is 9.59 Å². The number of hydrogen-bond donors (Lipinski definition) is 0. The van der Waals surface area contributed by atoms with Crippen LogP contribution in [0.3, 0.4) is 0 Å². The van der Waals surface area contributed by atoms with Gasteiger partial charge in [0.1, 0.15) is 28.0 Å². The highest BCUT2D eigenvalue weighted by molar-refractivity contribution is 7.10. The summed E-state index contributed by atoms with van der Waals surface area (Å²) in [5, 5.41) is 4.74. The third-order valence-electron chi connectivity index (χ3n) is 2.81. The van der Waals surface area contributed by atoms with E-state index in [2.05, 4.69) is 9.59 Å². The lowest BCUT2D eigenvalue weighted by Crippen LogP contribution is -1.99. The molecule has 0 saturated carbocycles. The smallest absolute Gasteiger partial charge is 0.336 e. The Morgan fingerprint density at radius 2 is 2.25 bits per heavy atom. The minimum atomic E-state index is -0.376. The van der Waals surface area contributed by atoms with Gasteiger partial charge in [0, 0.05) is 29.1 Å². The lowest BCUT2D eigenvalue weighted by molar-refractivity contribution is 0.301. The topological polar surface area (TPSA) is 65.2 Å². The molecule has 3 aromatic rings. The van der Waals surface area contributed by atoms with E-state index in [0.29, 0.717) is 21.4 Å². The maximum Gasteiger partial charge on any atom is 0.336 e. The zero-order valence-corrected chi connectivity index (χ0v) is 12.0. The molecule has 0 radical (unpaired) electrons. The Balaban J connectivity index is 1.89. The van der Waals surface area contributed by atoms with E-state index < -0.39 is 0 Å². The number of ether oxygens (including phenoxy) is 1. The molecule has 20 heavy (non-hydrogen) atoms. The largest absolute Gasteiger partial charge is 0.487 e. The van der Waals surface area contributed by atoms with Gasteiger partial charge >= 0.3 is 5.63 Å². The molecule has 0 bridgehead atoms. The molecule has 0 aliphatic heterocycles. The molecule has 1 aromatic carbocycles. The Hall–Kier alpha value is -1.92. The van der Waals surface area contributed by atoms with Gasteiger partial charge in [-0.2, -0.15) is 0 Å². The van der Waals surface area contributed by atoms with E-state index in [4.69, 9.17) is 20.8 Å². The summed E-state index contributed by atoms with van der Waals surface area (Å²) in [7, 11) is 0. The van der Waals surface area contributed by atoms with E-state index in [1.807, 2.05) is 19.1 Å². The second-order valence-electron chi connectivity index (χ2n) is 4.19. The summed E-state index contributed by atoms with van der Waals surface area (Å²) >= 11 is 7.01. The van der Waals surface area contributed by atoms with Crippen LogP contribution in [0.15, 0.2) is 33.5 Å². The quantitative estimate of drug-likeness (QED) is 0.695. The van der Waals surface area contributed by atoms with Gasteiger partial charge in [-0.15, -0.1) is 5.10 Å². The van der Waals surface area contributed by atoms with Gasteiger partial charge < -0.3 is 9.15 Å². The maximum absolute atomic E-state index is 11.4. The van der Waals surface area contributed by atoms with Gasteiger partial charge in [0.2, 0.25) is 0 Å². The summed E-state index contributed by atoms with van der Waals surface area (Å²) < 4.78 is 15.0. The molecular formula is C13H9ClN2O3S. The van der Waals surface area contributed by atoms with Crippen molar-refractivity contribution in [3.05, 3.63) is 50.3 Å². The van der Waals surface area contributed by atoms with Crippen LogP contribution in [0.1, 0.15) is 11.3 Å². The van der Waals surface area contributed by atoms with Gasteiger partial charge in [-0.3, -0.25) is 0 Å². The molecule has 2 aromatic heterocycles. The standard InChI is InChI=1S/C13H9ClN2O3S/c1-7-4-12(17)19-11-5-8(2-3-9(7)11)18-6-10-13(14)20-16-15-10/h2-5H,6H2,1H3. The average Bonchev–Trinajstić information content (AvgIpc) is 2.81. The summed E-state index contributed by atoms with van der Waals surface area (Å²) in [4.78, 5) is 11.4. The van der Waals surface area contributed by atoms with E-state index in [1.54, 1.807) is 6.07 Å². The maximum atomic E-state index is 11.4. The first-order valence-corrected chi connectivity index (χ1v) is 6.92. The van der Waals surface area contributed by atoms with Gasteiger partial charge in [0.15, 0.2) is 0 Å². The van der Waals surface area contributed by atoms with Crippen LogP contribution in [0.5, 0.6) is 5.75 Å². The molecule has 0 N–H and O–H groups in total. The molecule has 0 aliphatic rings. The van der Waals surface area contributed by atoms with E-state index in [0.717, 1.165) is 22.5 Å². The Kier molecular flexibility index (Phi) is 3.42. The first-order valence-electron chi connectivity index (χ1n) is 5.77. The summed E-state index contributed by atoms with van der Waals surface area (Å²) in [6, 6.07) is 6.80. The highest BCUT2D eigenvalue weighted by Gasteiger charge is 2.08. The van der Waals surface area contributed by atoms with Crippen molar-refractivity contribution in [2.24, 2.45) is 0 Å². The normalized spacial score (nSPS) is 10.9. The third kappa shape index (κ3) is 2.52. The van der Waals surface area contributed by atoms with Gasteiger partial charge in [-0.25, -0.2) is 4.79 Å². The summed E-state index contributed by atoms with van der Waals surface area (Å²) in [5.74, 6) is 0.579. The minimum Gasteiger partial charge on any atom is -0.487 e. The van der Waals surface area contributed by atoms with E-state index >= 15 is 0 Å². The number of fused-ring (bicyclic) bond motifs is 1. The average molecular weight is 309 g/mol. The third-order valence-corrected chi connectivity index (χ3v) is 3.79. The number of hydrogen-bond acceptors (Lipinski definition) is 6. The second kappa shape index (κ2) is 5.22. The molecule has 0 unspecified atom stereocenters. The van der Waals surface area contributed by atoms with Crippen molar-refractivity contribution < 1.29 is 9.15 Å².